The lowest BCUT2D eigenvalue weighted by atomic mass is 9.98. The molecule has 0 aromatic carbocycles. The third-order valence-corrected chi connectivity index (χ3v) is 4.41. The first kappa shape index (κ1) is 16.5. The molecule has 0 aliphatic carbocycles. The fraction of sp³-hybridized carbons (Fsp3) is 0.812. The van der Waals surface area contributed by atoms with Crippen molar-refractivity contribution < 1.29 is 5.11 Å². The van der Waals surface area contributed by atoms with Crippen molar-refractivity contribution in [3.63, 3.8) is 0 Å². The Bertz CT molecular complexity index is 430. The standard InChI is InChI=1S/C16H30N4O/c1-14-15(13-20(17-14)10-11-21)12-19-8-5-4-6-16(19)7-9-18(2)3/h13,16,21H,4-12H2,1-3H3. The molecule has 120 valence electrons. The molecule has 5 heteroatoms. The second kappa shape index (κ2) is 7.92. The summed E-state index contributed by atoms with van der Waals surface area (Å²) in [6, 6.07) is 0.696. The van der Waals surface area contributed by atoms with Crippen molar-refractivity contribution in [1.82, 2.24) is 19.6 Å². The van der Waals surface area contributed by atoms with E-state index < -0.39 is 0 Å². The van der Waals surface area contributed by atoms with Gasteiger partial charge in [0.2, 0.25) is 0 Å². The van der Waals surface area contributed by atoms with Crippen LogP contribution in [0.3, 0.4) is 0 Å². The smallest absolute Gasteiger partial charge is 0.0641 e. The van der Waals surface area contributed by atoms with Gasteiger partial charge in [-0.15, -0.1) is 0 Å². The van der Waals surface area contributed by atoms with Crippen molar-refractivity contribution in [2.24, 2.45) is 0 Å². The molecule has 0 spiro atoms. The topological polar surface area (TPSA) is 44.5 Å². The fourth-order valence-corrected chi connectivity index (χ4v) is 3.15. The largest absolute Gasteiger partial charge is 0.394 e. The van der Waals surface area contributed by atoms with E-state index in [0.29, 0.717) is 12.6 Å². The minimum Gasteiger partial charge on any atom is -0.394 e. The highest BCUT2D eigenvalue weighted by atomic mass is 16.3. The molecular formula is C16H30N4O. The SMILES string of the molecule is Cc1nn(CCO)cc1CN1CCCCC1CCN(C)C. The van der Waals surface area contributed by atoms with Gasteiger partial charge in [0.1, 0.15) is 0 Å². The first-order valence-electron chi connectivity index (χ1n) is 8.12. The molecule has 1 saturated heterocycles. The Balaban J connectivity index is 1.97. The van der Waals surface area contributed by atoms with Crippen LogP contribution in [0, 0.1) is 6.92 Å². The van der Waals surface area contributed by atoms with E-state index in [0.717, 1.165) is 18.8 Å². The molecular weight excluding hydrogens is 264 g/mol. The van der Waals surface area contributed by atoms with E-state index in [4.69, 9.17) is 5.11 Å². The van der Waals surface area contributed by atoms with E-state index in [1.165, 1.54) is 37.8 Å². The Labute approximate surface area is 128 Å². The molecule has 1 aliphatic rings. The van der Waals surface area contributed by atoms with Gasteiger partial charge in [-0.05, 0) is 53.4 Å². The third kappa shape index (κ3) is 4.80. The molecule has 0 saturated carbocycles. The van der Waals surface area contributed by atoms with Crippen molar-refractivity contribution >= 4 is 0 Å². The van der Waals surface area contributed by atoms with E-state index in [1.54, 1.807) is 0 Å². The number of aromatic nitrogens is 2. The summed E-state index contributed by atoms with van der Waals surface area (Å²) < 4.78 is 1.86. The Hall–Kier alpha value is -0.910. The van der Waals surface area contributed by atoms with Crippen LogP contribution in [0.5, 0.6) is 0 Å². The van der Waals surface area contributed by atoms with Crippen molar-refractivity contribution in [2.45, 2.75) is 51.7 Å². The maximum Gasteiger partial charge on any atom is 0.0641 e. The van der Waals surface area contributed by atoms with Crippen LogP contribution in [-0.4, -0.2) is 64.5 Å². The summed E-state index contributed by atoms with van der Waals surface area (Å²) in [4.78, 5) is 4.90. The number of likely N-dealkylation sites (tertiary alicyclic amines) is 1. The molecule has 1 fully saturated rings. The normalized spacial score (nSPS) is 20.3. The number of piperidine rings is 1. The maximum absolute atomic E-state index is 9.03. The molecule has 21 heavy (non-hydrogen) atoms. The monoisotopic (exact) mass is 294 g/mol. The highest BCUT2D eigenvalue weighted by Crippen LogP contribution is 2.23. The van der Waals surface area contributed by atoms with Crippen molar-refractivity contribution in [2.75, 3.05) is 33.8 Å². The van der Waals surface area contributed by atoms with Crippen LogP contribution < -0.4 is 0 Å². The molecule has 1 aromatic heterocycles. The van der Waals surface area contributed by atoms with Gasteiger partial charge in [-0.25, -0.2) is 0 Å². The predicted octanol–water partition coefficient (Wildman–Crippen LogP) is 1.49. The number of aliphatic hydroxyl groups is 1. The molecule has 0 amide bonds. The van der Waals surface area contributed by atoms with Crippen LogP contribution in [0.4, 0.5) is 0 Å². The van der Waals surface area contributed by atoms with Gasteiger partial charge >= 0.3 is 0 Å². The molecule has 1 aliphatic heterocycles. The number of hydrogen-bond donors (Lipinski definition) is 1. The van der Waals surface area contributed by atoms with E-state index in [2.05, 4.69) is 42.1 Å². The molecule has 2 heterocycles. The number of nitrogens with zero attached hydrogens (tertiary/aromatic N) is 4. The van der Waals surface area contributed by atoms with Gasteiger partial charge < -0.3 is 10.0 Å². The summed E-state index contributed by atoms with van der Waals surface area (Å²) in [6.07, 6.45) is 7.33. The highest BCUT2D eigenvalue weighted by molar-refractivity contribution is 5.15. The average Bonchev–Trinajstić information content (AvgIpc) is 2.78. The molecule has 5 nitrogen and oxygen atoms in total. The Morgan fingerprint density at radius 3 is 2.90 bits per heavy atom. The number of hydrogen-bond acceptors (Lipinski definition) is 4. The lowest BCUT2D eigenvalue weighted by Crippen LogP contribution is -2.40. The quantitative estimate of drug-likeness (QED) is 0.827. The Kier molecular flexibility index (Phi) is 6.21. The summed E-state index contributed by atoms with van der Waals surface area (Å²) >= 11 is 0. The lowest BCUT2D eigenvalue weighted by molar-refractivity contribution is 0.124. The second-order valence-corrected chi connectivity index (χ2v) is 6.44. The van der Waals surface area contributed by atoms with Gasteiger partial charge in [0, 0.05) is 24.3 Å². The zero-order valence-electron chi connectivity index (χ0n) is 13.8. The predicted molar refractivity (Wildman–Crippen MR) is 85.3 cm³/mol. The van der Waals surface area contributed by atoms with E-state index in [9.17, 15) is 0 Å². The van der Waals surface area contributed by atoms with Crippen LogP contribution in [0.25, 0.3) is 0 Å². The van der Waals surface area contributed by atoms with E-state index in [-0.39, 0.29) is 6.61 Å². The van der Waals surface area contributed by atoms with Gasteiger partial charge in [0.15, 0.2) is 0 Å². The summed E-state index contributed by atoms with van der Waals surface area (Å²) in [5.41, 5.74) is 2.40. The number of aryl methyl sites for hydroxylation is 1. The first-order chi connectivity index (χ1) is 10.1. The van der Waals surface area contributed by atoms with Gasteiger partial charge in [-0.2, -0.15) is 5.10 Å². The molecule has 2 rings (SSSR count). The van der Waals surface area contributed by atoms with Crippen LogP contribution in [0.1, 0.15) is 36.9 Å². The van der Waals surface area contributed by atoms with Gasteiger partial charge in [0.05, 0.1) is 18.8 Å². The summed E-state index contributed by atoms with van der Waals surface area (Å²) in [5, 5.41) is 13.5. The molecule has 1 aromatic rings. The Morgan fingerprint density at radius 1 is 1.38 bits per heavy atom. The summed E-state index contributed by atoms with van der Waals surface area (Å²) in [6.45, 7) is 6.16. The van der Waals surface area contributed by atoms with Crippen LogP contribution in [-0.2, 0) is 13.1 Å². The van der Waals surface area contributed by atoms with E-state index in [1.807, 2.05) is 4.68 Å². The zero-order chi connectivity index (χ0) is 15.2. The minimum atomic E-state index is 0.149. The molecule has 1 N–H and O–H groups in total. The van der Waals surface area contributed by atoms with Gasteiger partial charge in [0.25, 0.3) is 0 Å². The average molecular weight is 294 g/mol. The third-order valence-electron chi connectivity index (χ3n) is 4.41. The molecule has 0 bridgehead atoms. The fourth-order valence-electron chi connectivity index (χ4n) is 3.15. The molecule has 0 radical (unpaired) electrons. The zero-order valence-corrected chi connectivity index (χ0v) is 13.8. The van der Waals surface area contributed by atoms with Gasteiger partial charge in [-0.1, -0.05) is 6.42 Å². The van der Waals surface area contributed by atoms with Crippen LogP contribution in [0.2, 0.25) is 0 Å². The van der Waals surface area contributed by atoms with Crippen LogP contribution in [0.15, 0.2) is 6.20 Å². The van der Waals surface area contributed by atoms with Gasteiger partial charge in [-0.3, -0.25) is 9.58 Å². The number of aliphatic hydroxyl groups excluding tert-OH is 1. The number of rotatable bonds is 7. The van der Waals surface area contributed by atoms with E-state index >= 15 is 0 Å². The van der Waals surface area contributed by atoms with Crippen LogP contribution >= 0.6 is 0 Å². The molecule has 1 unspecified atom stereocenters. The minimum absolute atomic E-state index is 0.149. The Morgan fingerprint density at radius 2 is 2.19 bits per heavy atom. The lowest BCUT2D eigenvalue weighted by Gasteiger charge is -2.36. The van der Waals surface area contributed by atoms with Crippen molar-refractivity contribution in [1.29, 1.82) is 0 Å². The van der Waals surface area contributed by atoms with Crippen molar-refractivity contribution in [3.8, 4) is 0 Å². The molecule has 1 atom stereocenters. The first-order valence-corrected chi connectivity index (χ1v) is 8.12. The summed E-state index contributed by atoms with van der Waals surface area (Å²) in [7, 11) is 4.30. The van der Waals surface area contributed by atoms with Crippen molar-refractivity contribution in [3.05, 3.63) is 17.5 Å². The highest BCUT2D eigenvalue weighted by Gasteiger charge is 2.23. The summed E-state index contributed by atoms with van der Waals surface area (Å²) in [5.74, 6) is 0. The maximum atomic E-state index is 9.03. The second-order valence-electron chi connectivity index (χ2n) is 6.44.